The highest BCUT2D eigenvalue weighted by atomic mass is 32.2. The number of esters is 1. The lowest BCUT2D eigenvalue weighted by Crippen LogP contribution is -2.45. The lowest BCUT2D eigenvalue weighted by molar-refractivity contribution is -0.154. The average molecular weight is 487 g/mol. The standard InChI is InChI=1S/C22H31FN2O7S/c1-21(2,3)32-19(26)8-5-16(13-23)15-31-18-7-6-17(14-24-18)33(29,30)25-11-9-22(4,10-12-25)20(27)28/h6-7,13-14H,5,8-12,15H2,1-4H3,(H,27,28). The van der Waals surface area contributed by atoms with Crippen molar-refractivity contribution in [3.05, 3.63) is 30.2 Å². The van der Waals surface area contributed by atoms with E-state index < -0.39 is 33.0 Å². The van der Waals surface area contributed by atoms with E-state index in [0.29, 0.717) is 6.33 Å². The Balaban J connectivity index is 1.91. The van der Waals surface area contributed by atoms with Gasteiger partial charge in [-0.1, -0.05) is 0 Å². The van der Waals surface area contributed by atoms with Gasteiger partial charge in [0.2, 0.25) is 15.9 Å². The molecule has 0 aliphatic carbocycles. The van der Waals surface area contributed by atoms with Gasteiger partial charge in [-0.15, -0.1) is 0 Å². The van der Waals surface area contributed by atoms with Gasteiger partial charge in [0.05, 0.1) is 17.9 Å². The zero-order chi connectivity index (χ0) is 24.9. The summed E-state index contributed by atoms with van der Waals surface area (Å²) in [5.74, 6) is -1.28. The summed E-state index contributed by atoms with van der Waals surface area (Å²) in [6.07, 6.45) is 2.06. The van der Waals surface area contributed by atoms with Crippen LogP contribution in [0.15, 0.2) is 35.1 Å². The molecule has 0 amide bonds. The zero-order valence-corrected chi connectivity index (χ0v) is 20.2. The molecule has 9 nitrogen and oxygen atoms in total. The Bertz CT molecular complexity index is 977. The van der Waals surface area contributed by atoms with E-state index in [1.807, 2.05) is 0 Å². The molecule has 184 valence electrons. The molecule has 33 heavy (non-hydrogen) atoms. The van der Waals surface area contributed by atoms with E-state index >= 15 is 0 Å². The Morgan fingerprint density at radius 2 is 1.88 bits per heavy atom. The number of carbonyl (C=O) groups is 2. The Morgan fingerprint density at radius 1 is 1.24 bits per heavy atom. The molecule has 2 rings (SSSR count). The van der Waals surface area contributed by atoms with Gasteiger partial charge in [0.1, 0.15) is 17.1 Å². The van der Waals surface area contributed by atoms with Gasteiger partial charge >= 0.3 is 11.9 Å². The van der Waals surface area contributed by atoms with Crippen molar-refractivity contribution in [1.29, 1.82) is 0 Å². The van der Waals surface area contributed by atoms with Crippen LogP contribution >= 0.6 is 0 Å². The molecular weight excluding hydrogens is 455 g/mol. The van der Waals surface area contributed by atoms with Gasteiger partial charge in [0, 0.05) is 25.6 Å². The molecule has 0 spiro atoms. The molecule has 1 aliphatic heterocycles. The monoisotopic (exact) mass is 486 g/mol. The summed E-state index contributed by atoms with van der Waals surface area (Å²) < 4.78 is 50.7. The van der Waals surface area contributed by atoms with Gasteiger partial charge < -0.3 is 14.6 Å². The first-order valence-electron chi connectivity index (χ1n) is 10.6. The van der Waals surface area contributed by atoms with Crippen LogP contribution in [0.4, 0.5) is 4.39 Å². The lowest BCUT2D eigenvalue weighted by Gasteiger charge is -2.35. The molecule has 0 bridgehead atoms. The molecule has 1 aromatic heterocycles. The zero-order valence-electron chi connectivity index (χ0n) is 19.3. The molecule has 0 unspecified atom stereocenters. The summed E-state index contributed by atoms with van der Waals surface area (Å²) in [6.45, 7) is 6.89. The van der Waals surface area contributed by atoms with Crippen LogP contribution in [0.1, 0.15) is 53.4 Å². The van der Waals surface area contributed by atoms with Crippen LogP contribution in [0, 0.1) is 5.41 Å². The van der Waals surface area contributed by atoms with Crippen LogP contribution in [-0.2, 0) is 24.3 Å². The van der Waals surface area contributed by atoms with Crippen molar-refractivity contribution in [2.24, 2.45) is 5.41 Å². The van der Waals surface area contributed by atoms with Crippen molar-refractivity contribution < 1.29 is 37.0 Å². The third kappa shape index (κ3) is 7.50. The van der Waals surface area contributed by atoms with Crippen molar-refractivity contribution >= 4 is 22.0 Å². The number of carboxylic acids is 1. The lowest BCUT2D eigenvalue weighted by atomic mass is 9.81. The Morgan fingerprint density at radius 3 is 2.36 bits per heavy atom. The number of halogens is 1. The first-order valence-corrected chi connectivity index (χ1v) is 12.0. The van der Waals surface area contributed by atoms with Crippen LogP contribution in [0.5, 0.6) is 5.88 Å². The molecule has 0 aromatic carbocycles. The molecule has 0 saturated carbocycles. The topological polar surface area (TPSA) is 123 Å². The van der Waals surface area contributed by atoms with E-state index in [1.165, 1.54) is 16.4 Å². The smallest absolute Gasteiger partial charge is 0.309 e. The summed E-state index contributed by atoms with van der Waals surface area (Å²) >= 11 is 0. The van der Waals surface area contributed by atoms with Crippen LogP contribution in [0.2, 0.25) is 0 Å². The number of nitrogens with zero attached hydrogens (tertiary/aromatic N) is 2. The van der Waals surface area contributed by atoms with Crippen LogP contribution < -0.4 is 4.74 Å². The number of piperidine rings is 1. The quantitative estimate of drug-likeness (QED) is 0.528. The Hall–Kier alpha value is -2.53. The van der Waals surface area contributed by atoms with E-state index in [1.54, 1.807) is 27.7 Å². The maximum atomic E-state index is 13.1. The number of carboxylic acid groups (broad SMARTS) is 1. The molecule has 1 aliphatic rings. The SMILES string of the molecule is CC(C)(C)OC(=O)CCC(=CF)COc1ccc(S(=O)(=O)N2CCC(C)(C(=O)O)CC2)cn1. The number of aromatic nitrogens is 1. The largest absolute Gasteiger partial charge is 0.481 e. The highest BCUT2D eigenvalue weighted by Gasteiger charge is 2.40. The predicted molar refractivity (Wildman–Crippen MR) is 118 cm³/mol. The fraction of sp³-hybridized carbons (Fsp3) is 0.591. The van der Waals surface area contributed by atoms with Crippen molar-refractivity contribution in [3.8, 4) is 5.88 Å². The van der Waals surface area contributed by atoms with Crippen LogP contribution in [0.25, 0.3) is 0 Å². The summed E-state index contributed by atoms with van der Waals surface area (Å²) in [5.41, 5.74) is -1.33. The predicted octanol–water partition coefficient (Wildman–Crippen LogP) is 3.31. The third-order valence-electron chi connectivity index (χ3n) is 5.32. The van der Waals surface area contributed by atoms with E-state index in [9.17, 15) is 27.5 Å². The average Bonchev–Trinajstić information content (AvgIpc) is 2.73. The second-order valence-corrected chi connectivity index (χ2v) is 11.2. The summed E-state index contributed by atoms with van der Waals surface area (Å²) in [4.78, 5) is 27.1. The fourth-order valence-corrected chi connectivity index (χ4v) is 4.56. The first kappa shape index (κ1) is 26.7. The fourth-order valence-electron chi connectivity index (χ4n) is 3.17. The number of carbonyl (C=O) groups excluding carboxylic acids is 1. The van der Waals surface area contributed by atoms with Crippen molar-refractivity contribution in [3.63, 3.8) is 0 Å². The number of rotatable bonds is 9. The van der Waals surface area contributed by atoms with Gasteiger partial charge in [-0.2, -0.15) is 4.31 Å². The summed E-state index contributed by atoms with van der Waals surface area (Å²) in [6, 6.07) is 2.70. The van der Waals surface area contributed by atoms with Crippen molar-refractivity contribution in [2.45, 2.75) is 63.9 Å². The maximum Gasteiger partial charge on any atom is 0.309 e. The second kappa shape index (κ2) is 10.6. The molecule has 11 heteroatoms. The number of ether oxygens (including phenoxy) is 2. The molecule has 2 heterocycles. The first-order chi connectivity index (χ1) is 15.3. The summed E-state index contributed by atoms with van der Waals surface area (Å²) in [5, 5.41) is 9.30. The van der Waals surface area contributed by atoms with Crippen LogP contribution in [-0.4, -0.2) is 60.0 Å². The molecule has 1 aromatic rings. The minimum absolute atomic E-state index is 0.00223. The van der Waals surface area contributed by atoms with Gasteiger partial charge in [0.15, 0.2) is 0 Å². The molecule has 1 fully saturated rings. The van der Waals surface area contributed by atoms with Gasteiger partial charge in [-0.3, -0.25) is 9.59 Å². The van der Waals surface area contributed by atoms with E-state index in [2.05, 4.69) is 4.98 Å². The molecule has 0 atom stereocenters. The number of hydrogen-bond acceptors (Lipinski definition) is 7. The number of hydrogen-bond donors (Lipinski definition) is 1. The normalized spacial score (nSPS) is 17.4. The molecule has 0 radical (unpaired) electrons. The van der Waals surface area contributed by atoms with Crippen molar-refractivity contribution in [1.82, 2.24) is 9.29 Å². The van der Waals surface area contributed by atoms with Gasteiger partial charge in [-0.05, 0) is 58.6 Å². The highest BCUT2D eigenvalue weighted by Crippen LogP contribution is 2.33. The maximum absolute atomic E-state index is 13.1. The van der Waals surface area contributed by atoms with E-state index in [-0.39, 0.29) is 61.7 Å². The number of aliphatic carboxylic acids is 1. The number of sulfonamides is 1. The van der Waals surface area contributed by atoms with Gasteiger partial charge in [0.25, 0.3) is 0 Å². The Labute approximate surface area is 193 Å². The minimum atomic E-state index is -3.82. The van der Waals surface area contributed by atoms with Crippen molar-refractivity contribution in [2.75, 3.05) is 19.7 Å². The summed E-state index contributed by atoms with van der Waals surface area (Å²) in [7, 11) is -3.82. The number of pyridine rings is 1. The molecule has 1 saturated heterocycles. The van der Waals surface area contributed by atoms with E-state index in [0.717, 1.165) is 6.20 Å². The minimum Gasteiger partial charge on any atom is -0.481 e. The van der Waals surface area contributed by atoms with Crippen LogP contribution in [0.3, 0.4) is 0 Å². The molecular formula is C22H31FN2O7S. The molecule has 1 N–H and O–H groups in total. The van der Waals surface area contributed by atoms with Gasteiger partial charge in [-0.25, -0.2) is 17.8 Å². The second-order valence-electron chi connectivity index (χ2n) is 9.24. The Kier molecular flexibility index (Phi) is 8.58. The highest BCUT2D eigenvalue weighted by molar-refractivity contribution is 7.89. The van der Waals surface area contributed by atoms with E-state index in [4.69, 9.17) is 9.47 Å². The third-order valence-corrected chi connectivity index (χ3v) is 7.20.